The van der Waals surface area contributed by atoms with E-state index in [4.69, 9.17) is 5.11 Å². The average Bonchev–Trinajstić information content (AvgIpc) is 2.90. The summed E-state index contributed by atoms with van der Waals surface area (Å²) in [5.41, 5.74) is 0. The van der Waals surface area contributed by atoms with Gasteiger partial charge in [-0.1, -0.05) is 129 Å². The van der Waals surface area contributed by atoms with Crippen molar-refractivity contribution in [1.29, 1.82) is 0 Å². The van der Waals surface area contributed by atoms with Crippen molar-refractivity contribution >= 4 is 23.6 Å². The van der Waals surface area contributed by atoms with Crippen molar-refractivity contribution in [1.82, 2.24) is 10.6 Å². The second-order valence-electron chi connectivity index (χ2n) is 10.8. The van der Waals surface area contributed by atoms with Crippen LogP contribution < -0.4 is 10.6 Å². The Balaban J connectivity index is 4.09. The number of amides is 2. The number of Topliss-reactive ketones (excluding diaryl/α,β-unsaturated/α-hetero) is 1. The molecule has 0 rings (SSSR count). The molecule has 3 N–H and O–H groups in total. The number of rotatable bonds is 28. The van der Waals surface area contributed by atoms with Crippen LogP contribution in [0.2, 0.25) is 0 Å². The SMILES string of the molecule is CCCCCCCCCCCCCCC(=O)C(=O)N[C@@H](CCC(=O)O)C(=O)NCCCCCCCCCC. The van der Waals surface area contributed by atoms with Crippen molar-refractivity contribution in [3.05, 3.63) is 0 Å². The van der Waals surface area contributed by atoms with Gasteiger partial charge in [0, 0.05) is 19.4 Å². The summed E-state index contributed by atoms with van der Waals surface area (Å²) in [7, 11) is 0. The monoisotopic (exact) mass is 538 g/mol. The molecule has 0 aromatic heterocycles. The summed E-state index contributed by atoms with van der Waals surface area (Å²) < 4.78 is 0. The molecule has 0 aliphatic rings. The zero-order valence-electron chi connectivity index (χ0n) is 24.6. The number of carboxylic acid groups (broad SMARTS) is 1. The maximum Gasteiger partial charge on any atom is 0.303 e. The lowest BCUT2D eigenvalue weighted by Crippen LogP contribution is -2.49. The van der Waals surface area contributed by atoms with E-state index in [-0.39, 0.29) is 19.3 Å². The van der Waals surface area contributed by atoms with E-state index in [0.29, 0.717) is 13.0 Å². The third kappa shape index (κ3) is 23.2. The highest BCUT2D eigenvalue weighted by Gasteiger charge is 2.24. The minimum Gasteiger partial charge on any atom is -0.481 e. The summed E-state index contributed by atoms with van der Waals surface area (Å²) in [4.78, 5) is 48.2. The van der Waals surface area contributed by atoms with Gasteiger partial charge in [0.05, 0.1) is 0 Å². The third-order valence-electron chi connectivity index (χ3n) is 7.11. The predicted octanol–water partition coefficient (Wildman–Crippen LogP) is 7.25. The van der Waals surface area contributed by atoms with Crippen molar-refractivity contribution < 1.29 is 24.3 Å². The molecule has 0 saturated heterocycles. The van der Waals surface area contributed by atoms with Crippen LogP contribution in [0, 0.1) is 0 Å². The first-order valence-electron chi connectivity index (χ1n) is 15.8. The first kappa shape index (κ1) is 36.1. The van der Waals surface area contributed by atoms with Crippen molar-refractivity contribution in [3.63, 3.8) is 0 Å². The molecule has 2 amide bonds. The highest BCUT2D eigenvalue weighted by Crippen LogP contribution is 2.13. The molecule has 0 heterocycles. The second-order valence-corrected chi connectivity index (χ2v) is 10.8. The molecule has 0 bridgehead atoms. The molecule has 0 aliphatic heterocycles. The number of ketones is 1. The Labute approximate surface area is 232 Å². The molecule has 7 heteroatoms. The topological polar surface area (TPSA) is 113 Å². The standard InChI is InChI=1S/C31H58N2O5/c1-3-5-7-9-11-13-14-15-16-17-19-21-23-28(34)31(38)33-27(24-25-29(35)36)30(37)32-26-22-20-18-12-10-8-6-4-2/h27H,3-26H2,1-2H3,(H,32,37)(H,33,38)(H,35,36)/t27-/m0/s1. The fourth-order valence-corrected chi connectivity index (χ4v) is 4.61. The summed E-state index contributed by atoms with van der Waals surface area (Å²) in [6, 6.07) is -1.00. The summed E-state index contributed by atoms with van der Waals surface area (Å²) in [5, 5.41) is 14.3. The lowest BCUT2D eigenvalue weighted by atomic mass is 10.0. The number of carboxylic acids is 1. The van der Waals surface area contributed by atoms with Gasteiger partial charge >= 0.3 is 5.97 Å². The molecule has 7 nitrogen and oxygen atoms in total. The van der Waals surface area contributed by atoms with Gasteiger partial charge in [-0.2, -0.15) is 0 Å². The lowest BCUT2D eigenvalue weighted by molar-refractivity contribution is -0.140. The number of carbonyl (C=O) groups is 4. The van der Waals surface area contributed by atoms with Crippen molar-refractivity contribution in [2.75, 3.05) is 6.54 Å². The molecule has 0 aromatic carbocycles. The van der Waals surface area contributed by atoms with E-state index in [1.165, 1.54) is 83.5 Å². The molecule has 0 aromatic rings. The zero-order valence-corrected chi connectivity index (χ0v) is 24.6. The fraction of sp³-hybridized carbons (Fsp3) is 0.871. The molecule has 0 aliphatic carbocycles. The summed E-state index contributed by atoms with van der Waals surface area (Å²) in [5.74, 6) is -2.78. The number of carbonyl (C=O) groups excluding carboxylic acids is 3. The highest BCUT2D eigenvalue weighted by molar-refractivity contribution is 6.36. The van der Waals surface area contributed by atoms with E-state index in [0.717, 1.165) is 38.5 Å². The molecule has 0 spiro atoms. The van der Waals surface area contributed by atoms with Crippen LogP contribution in [0.25, 0.3) is 0 Å². The Hall–Kier alpha value is -1.92. The van der Waals surface area contributed by atoms with Gasteiger partial charge in [0.15, 0.2) is 0 Å². The minimum absolute atomic E-state index is 0.0315. The van der Waals surface area contributed by atoms with E-state index in [9.17, 15) is 19.2 Å². The second kappa shape index (κ2) is 26.7. The molecule has 222 valence electrons. The molecular weight excluding hydrogens is 480 g/mol. The lowest BCUT2D eigenvalue weighted by Gasteiger charge is -2.17. The molecule has 0 fully saturated rings. The van der Waals surface area contributed by atoms with Gasteiger partial charge < -0.3 is 15.7 Å². The van der Waals surface area contributed by atoms with Gasteiger partial charge in [0.2, 0.25) is 11.7 Å². The van der Waals surface area contributed by atoms with Crippen LogP contribution in [0.4, 0.5) is 0 Å². The molecule has 0 radical (unpaired) electrons. The zero-order chi connectivity index (χ0) is 28.3. The third-order valence-corrected chi connectivity index (χ3v) is 7.11. The molecule has 38 heavy (non-hydrogen) atoms. The van der Waals surface area contributed by atoms with Crippen molar-refractivity contribution in [2.45, 2.75) is 168 Å². The van der Waals surface area contributed by atoms with Crippen LogP contribution in [0.5, 0.6) is 0 Å². The summed E-state index contributed by atoms with van der Waals surface area (Å²) >= 11 is 0. The van der Waals surface area contributed by atoms with Crippen molar-refractivity contribution in [3.8, 4) is 0 Å². The molecular formula is C31H58N2O5. The van der Waals surface area contributed by atoms with Gasteiger partial charge in [-0.3, -0.25) is 19.2 Å². The maximum atomic E-state index is 12.6. The normalized spacial score (nSPS) is 11.7. The Morgan fingerprint density at radius 3 is 1.45 bits per heavy atom. The maximum absolute atomic E-state index is 12.6. The number of unbranched alkanes of at least 4 members (excludes halogenated alkanes) is 18. The van der Waals surface area contributed by atoms with E-state index in [1.807, 2.05) is 0 Å². The highest BCUT2D eigenvalue weighted by atomic mass is 16.4. The number of hydrogen-bond acceptors (Lipinski definition) is 4. The van der Waals surface area contributed by atoms with E-state index < -0.39 is 29.6 Å². The largest absolute Gasteiger partial charge is 0.481 e. The number of hydrogen-bond donors (Lipinski definition) is 3. The molecule has 0 unspecified atom stereocenters. The van der Waals surface area contributed by atoms with Gasteiger partial charge in [0.25, 0.3) is 5.91 Å². The van der Waals surface area contributed by atoms with Gasteiger partial charge in [-0.25, -0.2) is 0 Å². The van der Waals surface area contributed by atoms with E-state index in [2.05, 4.69) is 24.5 Å². The molecule has 1 atom stereocenters. The predicted molar refractivity (Wildman–Crippen MR) is 155 cm³/mol. The van der Waals surface area contributed by atoms with Gasteiger partial charge in [-0.05, 0) is 19.3 Å². The summed E-state index contributed by atoms with van der Waals surface area (Å²) in [6.07, 6.45) is 23.4. The van der Waals surface area contributed by atoms with Gasteiger partial charge in [0.1, 0.15) is 6.04 Å². The fourth-order valence-electron chi connectivity index (χ4n) is 4.61. The average molecular weight is 539 g/mol. The van der Waals surface area contributed by atoms with E-state index >= 15 is 0 Å². The van der Waals surface area contributed by atoms with Crippen LogP contribution in [0.1, 0.15) is 162 Å². The Kier molecular flexibility index (Phi) is 25.3. The number of nitrogens with one attached hydrogen (secondary N) is 2. The minimum atomic E-state index is -1.04. The van der Waals surface area contributed by atoms with Crippen LogP contribution in [-0.4, -0.2) is 41.3 Å². The number of aliphatic carboxylic acids is 1. The van der Waals surface area contributed by atoms with E-state index in [1.54, 1.807) is 0 Å². The summed E-state index contributed by atoms with van der Waals surface area (Å²) in [6.45, 7) is 4.92. The Bertz CT molecular complexity index is 623. The first-order valence-corrected chi connectivity index (χ1v) is 15.8. The van der Waals surface area contributed by atoms with Crippen LogP contribution in [-0.2, 0) is 19.2 Å². The van der Waals surface area contributed by atoms with Crippen molar-refractivity contribution in [2.24, 2.45) is 0 Å². The van der Waals surface area contributed by atoms with Crippen LogP contribution in [0.3, 0.4) is 0 Å². The quantitative estimate of drug-likeness (QED) is 0.0717. The van der Waals surface area contributed by atoms with Crippen LogP contribution in [0.15, 0.2) is 0 Å². The first-order chi connectivity index (χ1) is 18.4. The van der Waals surface area contributed by atoms with Crippen LogP contribution >= 0.6 is 0 Å². The smallest absolute Gasteiger partial charge is 0.303 e. The molecule has 0 saturated carbocycles. The Morgan fingerprint density at radius 2 is 1.00 bits per heavy atom. The van der Waals surface area contributed by atoms with Gasteiger partial charge in [-0.15, -0.1) is 0 Å². The Morgan fingerprint density at radius 1 is 0.579 bits per heavy atom.